The minimum Gasteiger partial charge on any atom is -0.497 e. The lowest BCUT2D eigenvalue weighted by Crippen LogP contribution is -2.26. The van der Waals surface area contributed by atoms with E-state index < -0.39 is 5.82 Å². The Morgan fingerprint density at radius 1 is 1.07 bits per heavy atom. The first-order valence-corrected chi connectivity index (χ1v) is 9.36. The van der Waals surface area contributed by atoms with Gasteiger partial charge in [0.25, 0.3) is 0 Å². The minimum atomic E-state index is -0.451. The van der Waals surface area contributed by atoms with Crippen molar-refractivity contribution >= 4 is 5.91 Å². The van der Waals surface area contributed by atoms with Crippen molar-refractivity contribution in [2.24, 2.45) is 0 Å². The zero-order valence-corrected chi connectivity index (χ0v) is 16.7. The Hall–Kier alpha value is -3.28. The lowest BCUT2D eigenvalue weighted by molar-refractivity contribution is -0.121. The molecule has 0 aliphatic heterocycles. The second kappa shape index (κ2) is 9.28. The maximum atomic E-state index is 13.8. The van der Waals surface area contributed by atoms with E-state index >= 15 is 0 Å². The Morgan fingerprint density at radius 2 is 1.83 bits per heavy atom. The first-order chi connectivity index (χ1) is 14.0. The van der Waals surface area contributed by atoms with Crippen LogP contribution in [-0.4, -0.2) is 20.1 Å². The molecule has 3 rings (SSSR count). The summed E-state index contributed by atoms with van der Waals surface area (Å²) in [6.45, 7) is 1.81. The molecular weight excluding hydrogens is 373 g/mol. The molecule has 0 fully saturated rings. The van der Waals surface area contributed by atoms with Gasteiger partial charge in [0.15, 0.2) is 11.6 Å². The van der Waals surface area contributed by atoms with E-state index in [4.69, 9.17) is 13.9 Å². The molecular formula is C23H24FNO4. The standard InChI is InChI=1S/C23H24FNO4/c1-15(17-6-11-22(28-3)20(24)14-17)25-23(26)13-10-19-9-12-21(29-19)16-4-7-18(27-2)8-5-16/h4-9,11-12,14-15H,10,13H2,1-3H3,(H,25,26)/t15-/m1/s1. The molecule has 0 unspecified atom stereocenters. The summed E-state index contributed by atoms with van der Waals surface area (Å²) < 4.78 is 29.8. The van der Waals surface area contributed by atoms with Gasteiger partial charge in [0.1, 0.15) is 17.3 Å². The molecule has 1 aromatic heterocycles. The molecule has 0 saturated heterocycles. The molecule has 0 radical (unpaired) electrons. The lowest BCUT2D eigenvalue weighted by Gasteiger charge is -2.15. The van der Waals surface area contributed by atoms with Crippen LogP contribution in [-0.2, 0) is 11.2 Å². The Kier molecular flexibility index (Phi) is 6.54. The highest BCUT2D eigenvalue weighted by Crippen LogP contribution is 2.25. The number of carbonyl (C=O) groups excluding carboxylic acids is 1. The zero-order chi connectivity index (χ0) is 20.8. The van der Waals surface area contributed by atoms with Gasteiger partial charge in [0.05, 0.1) is 20.3 Å². The Labute approximate surface area is 169 Å². The summed E-state index contributed by atoms with van der Waals surface area (Å²) in [5.74, 6) is 1.85. The number of aryl methyl sites for hydroxylation is 1. The molecule has 29 heavy (non-hydrogen) atoms. The van der Waals surface area contributed by atoms with Gasteiger partial charge < -0.3 is 19.2 Å². The fourth-order valence-electron chi connectivity index (χ4n) is 3.01. The molecule has 1 heterocycles. The molecule has 0 aliphatic carbocycles. The van der Waals surface area contributed by atoms with Crippen molar-refractivity contribution in [1.82, 2.24) is 5.32 Å². The van der Waals surface area contributed by atoms with Crippen LogP contribution in [0.15, 0.2) is 59.0 Å². The number of benzene rings is 2. The van der Waals surface area contributed by atoms with Crippen LogP contribution in [0.25, 0.3) is 11.3 Å². The fraction of sp³-hybridized carbons (Fsp3) is 0.261. The van der Waals surface area contributed by atoms with Gasteiger partial charge in [-0.1, -0.05) is 6.07 Å². The number of nitrogens with one attached hydrogen (secondary N) is 1. The summed E-state index contributed by atoms with van der Waals surface area (Å²) in [6, 6.07) is 15.7. The first kappa shape index (κ1) is 20.5. The molecule has 0 bridgehead atoms. The summed E-state index contributed by atoms with van der Waals surface area (Å²) in [4.78, 5) is 12.3. The predicted molar refractivity (Wildman–Crippen MR) is 109 cm³/mol. The van der Waals surface area contributed by atoms with Crippen molar-refractivity contribution in [3.63, 3.8) is 0 Å². The number of hydrogen-bond donors (Lipinski definition) is 1. The van der Waals surface area contributed by atoms with Crippen molar-refractivity contribution in [1.29, 1.82) is 0 Å². The molecule has 1 atom stereocenters. The van der Waals surface area contributed by atoms with Gasteiger partial charge >= 0.3 is 0 Å². The van der Waals surface area contributed by atoms with Crippen molar-refractivity contribution in [2.45, 2.75) is 25.8 Å². The smallest absolute Gasteiger partial charge is 0.220 e. The Bertz CT molecular complexity index is 965. The predicted octanol–water partition coefficient (Wildman–Crippen LogP) is 4.91. The molecule has 2 aromatic carbocycles. The van der Waals surface area contributed by atoms with Gasteiger partial charge in [0.2, 0.25) is 5.91 Å². The molecule has 3 aromatic rings. The molecule has 0 aliphatic rings. The van der Waals surface area contributed by atoms with Crippen molar-refractivity contribution in [2.75, 3.05) is 14.2 Å². The van der Waals surface area contributed by atoms with Crippen molar-refractivity contribution < 1.29 is 23.1 Å². The van der Waals surface area contributed by atoms with Crippen molar-refractivity contribution in [3.05, 3.63) is 71.7 Å². The number of halogens is 1. The summed E-state index contributed by atoms with van der Waals surface area (Å²) in [6.07, 6.45) is 0.754. The van der Waals surface area contributed by atoms with E-state index in [1.807, 2.05) is 43.3 Å². The van der Waals surface area contributed by atoms with Crippen LogP contribution < -0.4 is 14.8 Å². The summed E-state index contributed by atoms with van der Waals surface area (Å²) in [5, 5.41) is 2.88. The number of hydrogen-bond acceptors (Lipinski definition) is 4. The number of carbonyl (C=O) groups is 1. The van der Waals surface area contributed by atoms with Crippen LogP contribution in [0.1, 0.15) is 30.7 Å². The topological polar surface area (TPSA) is 60.7 Å². The van der Waals surface area contributed by atoms with Gasteiger partial charge in [-0.2, -0.15) is 0 Å². The maximum Gasteiger partial charge on any atom is 0.220 e. The SMILES string of the molecule is COc1ccc(-c2ccc(CCC(=O)N[C@H](C)c3ccc(OC)c(F)c3)o2)cc1. The van der Waals surface area contributed by atoms with Gasteiger partial charge in [-0.3, -0.25) is 4.79 Å². The van der Waals surface area contributed by atoms with Crippen LogP contribution in [0.5, 0.6) is 11.5 Å². The quantitative estimate of drug-likeness (QED) is 0.587. The van der Waals surface area contributed by atoms with E-state index in [9.17, 15) is 9.18 Å². The van der Waals surface area contributed by atoms with Crippen LogP contribution >= 0.6 is 0 Å². The summed E-state index contributed by atoms with van der Waals surface area (Å²) in [7, 11) is 3.04. The third-order valence-corrected chi connectivity index (χ3v) is 4.69. The highest BCUT2D eigenvalue weighted by molar-refractivity contribution is 5.76. The van der Waals surface area contributed by atoms with Crippen LogP contribution in [0.2, 0.25) is 0 Å². The third-order valence-electron chi connectivity index (χ3n) is 4.69. The molecule has 0 saturated carbocycles. The molecule has 1 amide bonds. The highest BCUT2D eigenvalue weighted by Gasteiger charge is 2.13. The number of ether oxygens (including phenoxy) is 2. The van der Waals surface area contributed by atoms with E-state index in [1.54, 1.807) is 19.2 Å². The lowest BCUT2D eigenvalue weighted by atomic mass is 10.1. The summed E-state index contributed by atoms with van der Waals surface area (Å²) >= 11 is 0. The number of rotatable bonds is 8. The first-order valence-electron chi connectivity index (χ1n) is 9.36. The van der Waals surface area contributed by atoms with E-state index in [-0.39, 0.29) is 24.1 Å². The average Bonchev–Trinajstić information content (AvgIpc) is 3.21. The van der Waals surface area contributed by atoms with E-state index in [0.29, 0.717) is 12.0 Å². The van der Waals surface area contributed by atoms with Crippen LogP contribution in [0.3, 0.4) is 0 Å². The summed E-state index contributed by atoms with van der Waals surface area (Å²) in [5.41, 5.74) is 1.62. The number of methoxy groups -OCH3 is 2. The number of amides is 1. The van der Waals surface area contributed by atoms with Crippen LogP contribution in [0, 0.1) is 5.82 Å². The molecule has 6 heteroatoms. The molecule has 5 nitrogen and oxygen atoms in total. The van der Waals surface area contributed by atoms with Gasteiger partial charge in [-0.25, -0.2) is 4.39 Å². The molecule has 0 spiro atoms. The van der Waals surface area contributed by atoms with Crippen LogP contribution in [0.4, 0.5) is 4.39 Å². The van der Waals surface area contributed by atoms with Gasteiger partial charge in [-0.05, 0) is 61.0 Å². The zero-order valence-electron chi connectivity index (χ0n) is 16.7. The normalized spacial score (nSPS) is 11.7. The van der Waals surface area contributed by atoms with Gasteiger partial charge in [0, 0.05) is 18.4 Å². The van der Waals surface area contributed by atoms with E-state index in [1.165, 1.54) is 13.2 Å². The number of furan rings is 1. The van der Waals surface area contributed by atoms with E-state index in [2.05, 4.69) is 5.32 Å². The average molecular weight is 397 g/mol. The maximum absolute atomic E-state index is 13.8. The second-order valence-electron chi connectivity index (χ2n) is 6.68. The minimum absolute atomic E-state index is 0.129. The molecule has 1 N–H and O–H groups in total. The Balaban J connectivity index is 1.54. The van der Waals surface area contributed by atoms with Crippen molar-refractivity contribution in [3.8, 4) is 22.8 Å². The largest absolute Gasteiger partial charge is 0.497 e. The highest BCUT2D eigenvalue weighted by atomic mass is 19.1. The third kappa shape index (κ3) is 5.16. The van der Waals surface area contributed by atoms with Gasteiger partial charge in [-0.15, -0.1) is 0 Å². The Morgan fingerprint density at radius 3 is 2.48 bits per heavy atom. The fourth-order valence-corrected chi connectivity index (χ4v) is 3.01. The monoisotopic (exact) mass is 397 g/mol. The molecule has 152 valence electrons. The van der Waals surface area contributed by atoms with E-state index in [0.717, 1.165) is 22.8 Å². The second-order valence-corrected chi connectivity index (χ2v) is 6.68.